The second-order valence-electron chi connectivity index (χ2n) is 7.77. The maximum Gasteiger partial charge on any atom is 0.293 e. The maximum atomic E-state index is 12.7. The lowest BCUT2D eigenvalue weighted by Crippen LogP contribution is -2.22. The van der Waals surface area contributed by atoms with Crippen LogP contribution in [0.2, 0.25) is 0 Å². The third kappa shape index (κ3) is 4.65. The van der Waals surface area contributed by atoms with Crippen LogP contribution in [0, 0.1) is 0 Å². The number of aliphatic hydroxyl groups excluding tert-OH is 1. The fourth-order valence-electron chi connectivity index (χ4n) is 3.42. The van der Waals surface area contributed by atoms with Crippen molar-refractivity contribution in [1.29, 1.82) is 0 Å². The Labute approximate surface area is 187 Å². The molecule has 0 atom stereocenters. The molecular weight excluding hydrogens is 406 g/mol. The van der Waals surface area contributed by atoms with E-state index in [0.717, 1.165) is 23.4 Å². The smallest absolute Gasteiger partial charge is 0.293 e. The number of nitrogens with one attached hydrogen (secondary N) is 1. The van der Waals surface area contributed by atoms with Crippen LogP contribution in [0.25, 0.3) is 11.3 Å². The number of carbonyl (C=O) groups is 1. The zero-order valence-electron chi connectivity index (χ0n) is 19.1. The molecule has 0 saturated heterocycles. The molecule has 0 saturated carbocycles. The topological polar surface area (TPSA) is 90.7 Å². The van der Waals surface area contributed by atoms with Gasteiger partial charge in [-0.1, -0.05) is 12.1 Å². The molecule has 1 aromatic heterocycles. The van der Waals surface area contributed by atoms with Crippen LogP contribution >= 0.6 is 0 Å². The van der Waals surface area contributed by atoms with Crippen LogP contribution < -0.4 is 15.8 Å². The fourth-order valence-corrected chi connectivity index (χ4v) is 3.42. The van der Waals surface area contributed by atoms with Gasteiger partial charge in [0.2, 0.25) is 0 Å². The largest absolute Gasteiger partial charge is 0.392 e. The Morgan fingerprint density at radius 3 is 2.41 bits per heavy atom. The zero-order valence-corrected chi connectivity index (χ0v) is 19.1. The number of amides is 1. The Morgan fingerprint density at radius 1 is 1.12 bits per heavy atom. The standard InChI is InChI=1S/C24H29N5O3/c1-6-28(4)21-9-7-8-18(19(21)15-30)20-14-29(5)24(32)22(26-20)25-17-12-10-16(11-13-17)23(31)27(2)3/h7-14,30H,6,15H2,1-5H3,(H,25,26). The fraction of sp³-hybridized carbons (Fsp3) is 0.292. The molecule has 3 rings (SSSR count). The molecule has 8 heteroatoms. The van der Waals surface area contributed by atoms with Crippen molar-refractivity contribution >= 4 is 23.1 Å². The highest BCUT2D eigenvalue weighted by Crippen LogP contribution is 2.30. The number of aliphatic hydroxyl groups is 1. The van der Waals surface area contributed by atoms with Crippen molar-refractivity contribution in [2.45, 2.75) is 13.5 Å². The highest BCUT2D eigenvalue weighted by molar-refractivity contribution is 5.94. The van der Waals surface area contributed by atoms with Crippen molar-refractivity contribution < 1.29 is 9.90 Å². The molecule has 0 fully saturated rings. The lowest BCUT2D eigenvalue weighted by Gasteiger charge is -2.22. The summed E-state index contributed by atoms with van der Waals surface area (Å²) in [6.07, 6.45) is 1.66. The number of benzene rings is 2. The average Bonchev–Trinajstić information content (AvgIpc) is 2.80. The Bertz CT molecular complexity index is 1170. The molecule has 2 N–H and O–H groups in total. The number of rotatable bonds is 7. The summed E-state index contributed by atoms with van der Waals surface area (Å²) >= 11 is 0. The van der Waals surface area contributed by atoms with E-state index in [1.54, 1.807) is 51.6 Å². The van der Waals surface area contributed by atoms with Gasteiger partial charge in [-0.05, 0) is 37.3 Å². The molecule has 1 heterocycles. The van der Waals surface area contributed by atoms with Crippen molar-refractivity contribution in [3.63, 3.8) is 0 Å². The highest BCUT2D eigenvalue weighted by Gasteiger charge is 2.16. The van der Waals surface area contributed by atoms with E-state index in [9.17, 15) is 14.7 Å². The van der Waals surface area contributed by atoms with Crippen molar-refractivity contribution in [3.05, 3.63) is 70.1 Å². The zero-order chi connectivity index (χ0) is 23.4. The van der Waals surface area contributed by atoms with Gasteiger partial charge in [-0.2, -0.15) is 0 Å². The van der Waals surface area contributed by atoms with E-state index < -0.39 is 0 Å². The number of carbonyl (C=O) groups excluding carboxylic acids is 1. The monoisotopic (exact) mass is 435 g/mol. The van der Waals surface area contributed by atoms with Gasteiger partial charge in [-0.25, -0.2) is 4.98 Å². The first-order valence-electron chi connectivity index (χ1n) is 10.4. The molecule has 0 unspecified atom stereocenters. The minimum absolute atomic E-state index is 0.0963. The first kappa shape index (κ1) is 23.0. The van der Waals surface area contributed by atoms with Gasteiger partial charge in [0.15, 0.2) is 5.82 Å². The van der Waals surface area contributed by atoms with Gasteiger partial charge in [0.05, 0.1) is 12.3 Å². The Hall–Kier alpha value is -3.65. The molecule has 1 amide bonds. The first-order valence-corrected chi connectivity index (χ1v) is 10.4. The van der Waals surface area contributed by atoms with Gasteiger partial charge in [0.25, 0.3) is 11.5 Å². The summed E-state index contributed by atoms with van der Waals surface area (Å²) in [6.45, 7) is 2.68. The molecule has 168 valence electrons. The van der Waals surface area contributed by atoms with E-state index in [4.69, 9.17) is 0 Å². The van der Waals surface area contributed by atoms with Crippen LogP contribution in [0.1, 0.15) is 22.8 Å². The molecular formula is C24H29N5O3. The van der Waals surface area contributed by atoms with Crippen LogP contribution in [-0.2, 0) is 13.7 Å². The average molecular weight is 436 g/mol. The van der Waals surface area contributed by atoms with Gasteiger partial charge in [-0.15, -0.1) is 0 Å². The summed E-state index contributed by atoms with van der Waals surface area (Å²) in [5.41, 5.74) is 3.91. The van der Waals surface area contributed by atoms with E-state index in [-0.39, 0.29) is 23.9 Å². The van der Waals surface area contributed by atoms with Gasteiger partial charge >= 0.3 is 0 Å². The van der Waals surface area contributed by atoms with Gasteiger partial charge < -0.3 is 24.8 Å². The van der Waals surface area contributed by atoms with Crippen LogP contribution in [0.5, 0.6) is 0 Å². The lowest BCUT2D eigenvalue weighted by atomic mass is 10.0. The molecule has 2 aromatic carbocycles. The van der Waals surface area contributed by atoms with Crippen molar-refractivity contribution in [3.8, 4) is 11.3 Å². The van der Waals surface area contributed by atoms with E-state index >= 15 is 0 Å². The number of aromatic nitrogens is 2. The van der Waals surface area contributed by atoms with E-state index in [1.165, 1.54) is 9.47 Å². The Balaban J connectivity index is 2.01. The number of hydrogen-bond acceptors (Lipinski definition) is 6. The minimum Gasteiger partial charge on any atom is -0.392 e. The minimum atomic E-state index is -0.283. The molecule has 3 aromatic rings. The molecule has 0 spiro atoms. The quantitative estimate of drug-likeness (QED) is 0.593. The van der Waals surface area contributed by atoms with Crippen LogP contribution in [0.3, 0.4) is 0 Å². The van der Waals surface area contributed by atoms with E-state index in [2.05, 4.69) is 10.3 Å². The Morgan fingerprint density at radius 2 is 1.81 bits per heavy atom. The summed E-state index contributed by atoms with van der Waals surface area (Å²) in [5, 5.41) is 13.1. The van der Waals surface area contributed by atoms with Crippen molar-refractivity contribution in [2.75, 3.05) is 37.9 Å². The predicted molar refractivity (Wildman–Crippen MR) is 128 cm³/mol. The van der Waals surface area contributed by atoms with Crippen LogP contribution in [-0.4, -0.2) is 53.2 Å². The predicted octanol–water partition coefficient (Wildman–Crippen LogP) is 2.84. The summed E-state index contributed by atoms with van der Waals surface area (Å²) in [5.74, 6) is 0.0656. The molecule has 0 aliphatic heterocycles. The first-order chi connectivity index (χ1) is 15.3. The third-order valence-electron chi connectivity index (χ3n) is 5.34. The van der Waals surface area contributed by atoms with E-state index in [1.807, 2.05) is 37.1 Å². The SMILES string of the molecule is CCN(C)c1cccc(-c2cn(C)c(=O)c(Nc3ccc(C(=O)N(C)C)cc3)n2)c1CO. The summed E-state index contributed by atoms with van der Waals surface area (Å²) < 4.78 is 1.46. The molecule has 0 bridgehead atoms. The summed E-state index contributed by atoms with van der Waals surface area (Å²) in [4.78, 5) is 32.9. The van der Waals surface area contributed by atoms with Crippen LogP contribution in [0.15, 0.2) is 53.5 Å². The highest BCUT2D eigenvalue weighted by atomic mass is 16.3. The van der Waals surface area contributed by atoms with Crippen molar-refractivity contribution in [1.82, 2.24) is 14.5 Å². The Kier molecular flexibility index (Phi) is 6.95. The van der Waals surface area contributed by atoms with Crippen molar-refractivity contribution in [2.24, 2.45) is 7.05 Å². The normalized spacial score (nSPS) is 10.7. The second-order valence-corrected chi connectivity index (χ2v) is 7.77. The number of aryl methyl sites for hydroxylation is 1. The molecule has 0 aliphatic carbocycles. The second kappa shape index (κ2) is 9.65. The summed E-state index contributed by atoms with van der Waals surface area (Å²) in [6, 6.07) is 12.6. The van der Waals surface area contributed by atoms with Gasteiger partial charge in [0.1, 0.15) is 0 Å². The molecule has 32 heavy (non-hydrogen) atoms. The number of anilines is 3. The van der Waals surface area contributed by atoms with Crippen LogP contribution in [0.4, 0.5) is 17.2 Å². The van der Waals surface area contributed by atoms with Gasteiger partial charge in [-0.3, -0.25) is 9.59 Å². The molecule has 0 aliphatic rings. The lowest BCUT2D eigenvalue weighted by molar-refractivity contribution is 0.0827. The number of nitrogens with zero attached hydrogens (tertiary/aromatic N) is 4. The van der Waals surface area contributed by atoms with E-state index in [0.29, 0.717) is 16.9 Å². The maximum absolute atomic E-state index is 12.7. The third-order valence-corrected chi connectivity index (χ3v) is 5.34. The summed E-state index contributed by atoms with van der Waals surface area (Å²) in [7, 11) is 7.02. The number of hydrogen-bond donors (Lipinski definition) is 2. The molecule has 8 nitrogen and oxygen atoms in total. The molecule has 0 radical (unpaired) electrons. The van der Waals surface area contributed by atoms with Gasteiger partial charge in [0, 0.05) is 69.0 Å².